The van der Waals surface area contributed by atoms with E-state index in [1.807, 2.05) is 0 Å². The van der Waals surface area contributed by atoms with Crippen molar-refractivity contribution in [3.05, 3.63) is 29.6 Å². The summed E-state index contributed by atoms with van der Waals surface area (Å²) in [6, 6.07) is 6.49. The molecule has 1 aromatic carbocycles. The second kappa shape index (κ2) is 5.74. The Kier molecular flexibility index (Phi) is 3.99. The number of hydrogen-bond acceptors (Lipinski definition) is 2. The van der Waals surface area contributed by atoms with Crippen molar-refractivity contribution in [3.63, 3.8) is 0 Å². The number of imidazole rings is 1. The average Bonchev–Trinajstić information content (AvgIpc) is 2.76. The van der Waals surface area contributed by atoms with E-state index in [2.05, 4.69) is 41.6 Å². The van der Waals surface area contributed by atoms with Crippen LogP contribution in [0.1, 0.15) is 24.2 Å². The van der Waals surface area contributed by atoms with Gasteiger partial charge in [-0.15, -0.1) is 11.6 Å². The molecule has 0 radical (unpaired) electrons. The lowest BCUT2D eigenvalue weighted by Crippen LogP contribution is -2.34. The largest absolute Gasteiger partial charge is 0.327 e. The van der Waals surface area contributed by atoms with Crippen LogP contribution in [0.4, 0.5) is 0 Å². The van der Waals surface area contributed by atoms with E-state index in [9.17, 15) is 0 Å². The Labute approximate surface area is 125 Å². The van der Waals surface area contributed by atoms with Crippen molar-refractivity contribution in [2.75, 3.05) is 20.1 Å². The quantitative estimate of drug-likeness (QED) is 0.808. The van der Waals surface area contributed by atoms with Crippen LogP contribution in [0, 0.1) is 12.8 Å². The molecule has 0 N–H and O–H groups in total. The molecule has 1 fully saturated rings. The summed E-state index contributed by atoms with van der Waals surface area (Å²) in [5, 5.41) is 0. The average molecular weight is 292 g/mol. The molecule has 3 nitrogen and oxygen atoms in total. The summed E-state index contributed by atoms with van der Waals surface area (Å²) in [7, 11) is 2.21. The number of rotatable bonds is 3. The van der Waals surface area contributed by atoms with Gasteiger partial charge in [-0.05, 0) is 57.0 Å². The molecule has 108 valence electrons. The number of alkyl halides is 1. The third-order valence-electron chi connectivity index (χ3n) is 4.27. The minimum Gasteiger partial charge on any atom is -0.327 e. The Balaban J connectivity index is 1.93. The van der Waals surface area contributed by atoms with Crippen LogP contribution >= 0.6 is 11.6 Å². The standard InChI is InChI=1S/C16H22ClN3/c1-12-5-6-15-14(8-12)18-16(9-17)20(15)11-13-4-3-7-19(2)10-13/h5-6,8,13H,3-4,7,9-11H2,1-2H3. The molecule has 0 bridgehead atoms. The molecule has 2 heterocycles. The van der Waals surface area contributed by atoms with Crippen molar-refractivity contribution in [1.82, 2.24) is 14.5 Å². The van der Waals surface area contributed by atoms with Gasteiger partial charge in [-0.25, -0.2) is 4.98 Å². The highest BCUT2D eigenvalue weighted by atomic mass is 35.5. The highest BCUT2D eigenvalue weighted by Gasteiger charge is 2.20. The normalized spacial score (nSPS) is 20.6. The highest BCUT2D eigenvalue weighted by molar-refractivity contribution is 6.16. The van der Waals surface area contributed by atoms with Crippen LogP contribution < -0.4 is 0 Å². The summed E-state index contributed by atoms with van der Waals surface area (Å²) in [5.74, 6) is 2.19. The predicted octanol–water partition coefficient (Wildman–Crippen LogP) is 3.43. The van der Waals surface area contributed by atoms with Gasteiger partial charge in [0.1, 0.15) is 5.82 Å². The van der Waals surface area contributed by atoms with E-state index in [1.54, 1.807) is 0 Å². The third kappa shape index (κ3) is 2.70. The van der Waals surface area contributed by atoms with E-state index in [4.69, 9.17) is 16.6 Å². The minimum absolute atomic E-state index is 0.482. The number of fused-ring (bicyclic) bond motifs is 1. The molecule has 4 heteroatoms. The van der Waals surface area contributed by atoms with Crippen LogP contribution in [0.3, 0.4) is 0 Å². The molecule has 0 spiro atoms. The van der Waals surface area contributed by atoms with Crippen molar-refractivity contribution in [2.45, 2.75) is 32.2 Å². The van der Waals surface area contributed by atoms with Gasteiger partial charge >= 0.3 is 0 Å². The zero-order valence-corrected chi connectivity index (χ0v) is 13.0. The zero-order valence-electron chi connectivity index (χ0n) is 12.3. The Hall–Kier alpha value is -1.06. The Morgan fingerprint density at radius 2 is 2.25 bits per heavy atom. The number of likely N-dealkylation sites (tertiary alicyclic amines) is 1. The second-order valence-corrected chi connectivity index (χ2v) is 6.30. The maximum absolute atomic E-state index is 6.10. The van der Waals surface area contributed by atoms with Crippen molar-refractivity contribution in [1.29, 1.82) is 0 Å². The fourth-order valence-corrected chi connectivity index (χ4v) is 3.48. The van der Waals surface area contributed by atoms with Crippen LogP contribution in [0.2, 0.25) is 0 Å². The first-order valence-corrected chi connectivity index (χ1v) is 7.91. The van der Waals surface area contributed by atoms with Crippen molar-refractivity contribution in [2.24, 2.45) is 5.92 Å². The number of halogens is 1. The van der Waals surface area contributed by atoms with E-state index in [1.165, 1.54) is 37.0 Å². The highest BCUT2D eigenvalue weighted by Crippen LogP contribution is 2.23. The first kappa shape index (κ1) is 13.9. The van der Waals surface area contributed by atoms with Gasteiger partial charge < -0.3 is 9.47 Å². The lowest BCUT2D eigenvalue weighted by molar-refractivity contribution is 0.195. The smallest absolute Gasteiger partial charge is 0.124 e. The molecule has 0 saturated carbocycles. The van der Waals surface area contributed by atoms with E-state index >= 15 is 0 Å². The molecule has 0 amide bonds. The van der Waals surface area contributed by atoms with E-state index in [0.29, 0.717) is 11.8 Å². The molecule has 2 aromatic rings. The first-order chi connectivity index (χ1) is 9.67. The Morgan fingerprint density at radius 1 is 1.40 bits per heavy atom. The van der Waals surface area contributed by atoms with Crippen LogP contribution in [0.5, 0.6) is 0 Å². The van der Waals surface area contributed by atoms with Crippen LogP contribution in [-0.2, 0) is 12.4 Å². The van der Waals surface area contributed by atoms with E-state index in [-0.39, 0.29) is 0 Å². The van der Waals surface area contributed by atoms with Crippen LogP contribution in [-0.4, -0.2) is 34.6 Å². The van der Waals surface area contributed by atoms with Crippen LogP contribution in [0.25, 0.3) is 11.0 Å². The number of aryl methyl sites for hydroxylation is 1. The maximum atomic E-state index is 6.10. The van der Waals surface area contributed by atoms with Gasteiger partial charge in [0.2, 0.25) is 0 Å². The van der Waals surface area contributed by atoms with E-state index in [0.717, 1.165) is 17.9 Å². The molecule has 1 aliphatic rings. The van der Waals surface area contributed by atoms with Crippen molar-refractivity contribution < 1.29 is 0 Å². The summed E-state index contributed by atoms with van der Waals surface area (Å²) in [5.41, 5.74) is 3.55. The van der Waals surface area contributed by atoms with Gasteiger partial charge in [0.25, 0.3) is 0 Å². The van der Waals surface area contributed by atoms with Crippen LogP contribution in [0.15, 0.2) is 18.2 Å². The number of aromatic nitrogens is 2. The number of benzene rings is 1. The number of hydrogen-bond donors (Lipinski definition) is 0. The molecule has 1 saturated heterocycles. The Bertz CT molecular complexity index is 605. The monoisotopic (exact) mass is 291 g/mol. The molecule has 1 atom stereocenters. The van der Waals surface area contributed by atoms with Gasteiger partial charge in [-0.3, -0.25) is 0 Å². The summed E-state index contributed by atoms with van der Waals surface area (Å²) < 4.78 is 2.33. The minimum atomic E-state index is 0.482. The van der Waals surface area contributed by atoms with Gasteiger partial charge in [0.15, 0.2) is 0 Å². The summed E-state index contributed by atoms with van der Waals surface area (Å²) in [6.07, 6.45) is 2.60. The van der Waals surface area contributed by atoms with Gasteiger partial charge in [-0.2, -0.15) is 0 Å². The van der Waals surface area contributed by atoms with E-state index < -0.39 is 0 Å². The Morgan fingerprint density at radius 3 is 3.00 bits per heavy atom. The third-order valence-corrected chi connectivity index (χ3v) is 4.50. The predicted molar refractivity (Wildman–Crippen MR) is 84.2 cm³/mol. The SMILES string of the molecule is Cc1ccc2c(c1)nc(CCl)n2CC1CCCN(C)C1. The number of nitrogens with zero attached hydrogens (tertiary/aromatic N) is 3. The van der Waals surface area contributed by atoms with Crippen molar-refractivity contribution in [3.8, 4) is 0 Å². The second-order valence-electron chi connectivity index (χ2n) is 6.03. The summed E-state index contributed by atoms with van der Waals surface area (Å²) in [6.45, 7) is 5.54. The molecular weight excluding hydrogens is 270 g/mol. The molecule has 3 rings (SSSR count). The molecule has 1 aromatic heterocycles. The van der Waals surface area contributed by atoms with Gasteiger partial charge in [0, 0.05) is 13.1 Å². The fraction of sp³-hybridized carbons (Fsp3) is 0.562. The molecule has 1 aliphatic heterocycles. The molecule has 0 aliphatic carbocycles. The maximum Gasteiger partial charge on any atom is 0.124 e. The van der Waals surface area contributed by atoms with Crippen molar-refractivity contribution >= 4 is 22.6 Å². The molecule has 1 unspecified atom stereocenters. The summed E-state index contributed by atoms with van der Waals surface area (Å²) in [4.78, 5) is 7.12. The lowest BCUT2D eigenvalue weighted by atomic mass is 9.98. The lowest BCUT2D eigenvalue weighted by Gasteiger charge is -2.30. The zero-order chi connectivity index (χ0) is 14.1. The fourth-order valence-electron chi connectivity index (χ4n) is 3.28. The molecular formula is C16H22ClN3. The molecule has 20 heavy (non-hydrogen) atoms. The summed E-state index contributed by atoms with van der Waals surface area (Å²) >= 11 is 6.10. The topological polar surface area (TPSA) is 21.1 Å². The first-order valence-electron chi connectivity index (χ1n) is 7.37. The van der Waals surface area contributed by atoms with Gasteiger partial charge in [0.05, 0.1) is 16.9 Å². The number of piperidine rings is 1. The van der Waals surface area contributed by atoms with Gasteiger partial charge in [-0.1, -0.05) is 6.07 Å².